The lowest BCUT2D eigenvalue weighted by molar-refractivity contribution is 0.590. The van der Waals surface area contributed by atoms with Crippen LogP contribution in [-0.2, 0) is 24.9 Å². The summed E-state index contributed by atoms with van der Waals surface area (Å²) in [7, 11) is 0. The predicted octanol–water partition coefficient (Wildman–Crippen LogP) is 4.28. The van der Waals surface area contributed by atoms with Crippen molar-refractivity contribution < 1.29 is 0 Å². The highest BCUT2D eigenvalue weighted by molar-refractivity contribution is 5.29. The SMILES string of the molecule is CC(C)(C)c1ccc(Cc2nccn2Cc2ccc(CN)cc2)cc1. The molecule has 1 heterocycles. The van der Waals surface area contributed by atoms with Gasteiger partial charge in [0.15, 0.2) is 0 Å². The number of hydrogen-bond acceptors (Lipinski definition) is 2. The third kappa shape index (κ3) is 4.37. The van der Waals surface area contributed by atoms with Crippen LogP contribution >= 0.6 is 0 Å². The van der Waals surface area contributed by atoms with Crippen LogP contribution in [0.5, 0.6) is 0 Å². The molecule has 0 aliphatic carbocycles. The number of nitrogens with two attached hydrogens (primary N) is 1. The van der Waals surface area contributed by atoms with Crippen LogP contribution in [0.15, 0.2) is 60.9 Å². The summed E-state index contributed by atoms with van der Waals surface area (Å²) < 4.78 is 2.22. The summed E-state index contributed by atoms with van der Waals surface area (Å²) in [5, 5.41) is 0. The average molecular weight is 333 g/mol. The van der Waals surface area contributed by atoms with Gasteiger partial charge in [-0.1, -0.05) is 69.3 Å². The van der Waals surface area contributed by atoms with Crippen LogP contribution in [0.2, 0.25) is 0 Å². The van der Waals surface area contributed by atoms with Crippen molar-refractivity contribution in [1.29, 1.82) is 0 Å². The molecule has 3 heteroatoms. The average Bonchev–Trinajstić information content (AvgIpc) is 3.02. The van der Waals surface area contributed by atoms with Gasteiger partial charge in [0.1, 0.15) is 5.82 Å². The summed E-state index contributed by atoms with van der Waals surface area (Å²) in [6.07, 6.45) is 4.78. The molecule has 3 aromatic rings. The third-order valence-corrected chi connectivity index (χ3v) is 4.60. The topological polar surface area (TPSA) is 43.8 Å². The Kier molecular flexibility index (Phi) is 5.05. The molecule has 3 nitrogen and oxygen atoms in total. The van der Waals surface area contributed by atoms with E-state index in [0.717, 1.165) is 24.4 Å². The zero-order valence-corrected chi connectivity index (χ0v) is 15.4. The van der Waals surface area contributed by atoms with E-state index in [1.54, 1.807) is 0 Å². The van der Waals surface area contributed by atoms with Gasteiger partial charge < -0.3 is 10.3 Å². The van der Waals surface area contributed by atoms with Crippen molar-refractivity contribution in [1.82, 2.24) is 9.55 Å². The Morgan fingerprint density at radius 1 is 0.880 bits per heavy atom. The van der Waals surface area contributed by atoms with Gasteiger partial charge in [0.25, 0.3) is 0 Å². The van der Waals surface area contributed by atoms with Crippen LogP contribution in [0, 0.1) is 0 Å². The second-order valence-electron chi connectivity index (χ2n) is 7.62. The Labute approximate surface area is 150 Å². The maximum Gasteiger partial charge on any atom is 0.113 e. The maximum atomic E-state index is 5.67. The van der Waals surface area contributed by atoms with Crippen LogP contribution in [0.4, 0.5) is 0 Å². The van der Waals surface area contributed by atoms with Crippen molar-refractivity contribution >= 4 is 0 Å². The van der Waals surface area contributed by atoms with Crippen LogP contribution in [0.25, 0.3) is 0 Å². The molecule has 2 N–H and O–H groups in total. The second kappa shape index (κ2) is 7.24. The first-order chi connectivity index (χ1) is 12.0. The zero-order valence-electron chi connectivity index (χ0n) is 15.4. The van der Waals surface area contributed by atoms with E-state index in [2.05, 4.69) is 85.1 Å². The fraction of sp³-hybridized carbons (Fsp3) is 0.318. The number of hydrogen-bond donors (Lipinski definition) is 1. The van der Waals surface area contributed by atoms with E-state index < -0.39 is 0 Å². The fourth-order valence-corrected chi connectivity index (χ4v) is 2.93. The van der Waals surface area contributed by atoms with Gasteiger partial charge in [-0.25, -0.2) is 4.98 Å². The number of rotatable bonds is 5. The Bertz CT molecular complexity index is 806. The quantitative estimate of drug-likeness (QED) is 0.757. The van der Waals surface area contributed by atoms with Crippen molar-refractivity contribution in [3.8, 4) is 0 Å². The van der Waals surface area contributed by atoms with Gasteiger partial charge in [0.2, 0.25) is 0 Å². The van der Waals surface area contributed by atoms with Crippen LogP contribution in [0.1, 0.15) is 48.8 Å². The molecule has 0 aliphatic heterocycles. The molecule has 0 radical (unpaired) electrons. The highest BCUT2D eigenvalue weighted by atomic mass is 15.1. The van der Waals surface area contributed by atoms with Gasteiger partial charge in [0.05, 0.1) is 0 Å². The first kappa shape index (κ1) is 17.4. The fourth-order valence-electron chi connectivity index (χ4n) is 2.93. The lowest BCUT2D eigenvalue weighted by Crippen LogP contribution is -2.11. The maximum absolute atomic E-state index is 5.67. The lowest BCUT2D eigenvalue weighted by Gasteiger charge is -2.19. The number of nitrogens with zero attached hydrogens (tertiary/aromatic N) is 2. The molecule has 25 heavy (non-hydrogen) atoms. The highest BCUT2D eigenvalue weighted by Gasteiger charge is 2.13. The Morgan fingerprint density at radius 3 is 2.08 bits per heavy atom. The largest absolute Gasteiger partial charge is 0.330 e. The smallest absolute Gasteiger partial charge is 0.113 e. The molecule has 0 amide bonds. The molecule has 0 fully saturated rings. The summed E-state index contributed by atoms with van der Waals surface area (Å²) in [6.45, 7) is 8.14. The van der Waals surface area contributed by atoms with Crippen molar-refractivity contribution in [2.75, 3.05) is 0 Å². The highest BCUT2D eigenvalue weighted by Crippen LogP contribution is 2.23. The number of imidazole rings is 1. The molecule has 0 saturated heterocycles. The summed E-state index contributed by atoms with van der Waals surface area (Å²) >= 11 is 0. The number of benzene rings is 2. The Balaban J connectivity index is 1.73. The molecule has 1 aromatic heterocycles. The van der Waals surface area contributed by atoms with Gasteiger partial charge in [-0.15, -0.1) is 0 Å². The molecule has 2 aromatic carbocycles. The molecule has 0 atom stereocenters. The van der Waals surface area contributed by atoms with Crippen molar-refractivity contribution in [2.24, 2.45) is 5.73 Å². The van der Waals surface area contributed by atoms with Crippen LogP contribution < -0.4 is 5.73 Å². The van der Waals surface area contributed by atoms with E-state index >= 15 is 0 Å². The van der Waals surface area contributed by atoms with E-state index in [1.807, 2.05) is 6.20 Å². The predicted molar refractivity (Wildman–Crippen MR) is 104 cm³/mol. The summed E-state index contributed by atoms with van der Waals surface area (Å²) in [5.74, 6) is 1.09. The van der Waals surface area contributed by atoms with E-state index in [0.29, 0.717) is 6.54 Å². The summed E-state index contributed by atoms with van der Waals surface area (Å²) in [4.78, 5) is 4.56. The number of aromatic nitrogens is 2. The third-order valence-electron chi connectivity index (χ3n) is 4.60. The van der Waals surface area contributed by atoms with Gasteiger partial charge in [-0.05, 0) is 27.7 Å². The molecule has 130 valence electrons. The molecule has 0 spiro atoms. The zero-order chi connectivity index (χ0) is 17.9. The molecular weight excluding hydrogens is 306 g/mol. The Hall–Kier alpha value is -2.39. The van der Waals surface area contributed by atoms with E-state index in [-0.39, 0.29) is 5.41 Å². The minimum Gasteiger partial charge on any atom is -0.330 e. The van der Waals surface area contributed by atoms with Gasteiger partial charge in [0, 0.05) is 31.9 Å². The van der Waals surface area contributed by atoms with Crippen molar-refractivity contribution in [3.05, 3.63) is 89.0 Å². The van der Waals surface area contributed by atoms with E-state index in [4.69, 9.17) is 5.73 Å². The van der Waals surface area contributed by atoms with Crippen molar-refractivity contribution in [3.63, 3.8) is 0 Å². The molecule has 3 rings (SSSR count). The summed E-state index contributed by atoms with van der Waals surface area (Å²) in [6, 6.07) is 17.4. The normalized spacial score (nSPS) is 11.7. The Morgan fingerprint density at radius 2 is 1.48 bits per heavy atom. The van der Waals surface area contributed by atoms with Crippen LogP contribution in [0.3, 0.4) is 0 Å². The second-order valence-corrected chi connectivity index (χ2v) is 7.62. The molecule has 0 saturated carbocycles. The minimum atomic E-state index is 0.187. The molecule has 0 bridgehead atoms. The van der Waals surface area contributed by atoms with Gasteiger partial charge in [-0.3, -0.25) is 0 Å². The first-order valence-electron chi connectivity index (χ1n) is 8.83. The first-order valence-corrected chi connectivity index (χ1v) is 8.83. The molecular formula is C22H27N3. The summed E-state index contributed by atoms with van der Waals surface area (Å²) in [5.41, 5.74) is 10.9. The van der Waals surface area contributed by atoms with Crippen LogP contribution in [-0.4, -0.2) is 9.55 Å². The van der Waals surface area contributed by atoms with Crippen molar-refractivity contribution in [2.45, 2.75) is 45.7 Å². The molecule has 0 aliphatic rings. The van der Waals surface area contributed by atoms with E-state index in [9.17, 15) is 0 Å². The monoisotopic (exact) mass is 333 g/mol. The van der Waals surface area contributed by atoms with Gasteiger partial charge in [-0.2, -0.15) is 0 Å². The molecule has 0 unspecified atom stereocenters. The standard InChI is InChI=1S/C22H27N3/c1-22(2,3)20-10-8-17(9-11-20)14-21-24-12-13-25(21)16-19-6-4-18(15-23)5-7-19/h4-13H,14-16,23H2,1-3H3. The minimum absolute atomic E-state index is 0.187. The lowest BCUT2D eigenvalue weighted by atomic mass is 9.86. The van der Waals surface area contributed by atoms with E-state index in [1.165, 1.54) is 16.7 Å². The van der Waals surface area contributed by atoms with Gasteiger partial charge >= 0.3 is 0 Å².